The van der Waals surface area contributed by atoms with Gasteiger partial charge in [-0.25, -0.2) is 14.7 Å². The lowest BCUT2D eigenvalue weighted by atomic mass is 10.2. The molecule has 0 saturated carbocycles. The minimum Gasteiger partial charge on any atom is -0.357 e. The van der Waals surface area contributed by atoms with Crippen molar-refractivity contribution < 1.29 is 0 Å². The van der Waals surface area contributed by atoms with Crippen LogP contribution in [0.3, 0.4) is 0 Å². The van der Waals surface area contributed by atoms with Gasteiger partial charge in [-0.1, -0.05) is 0 Å². The van der Waals surface area contributed by atoms with E-state index in [9.17, 15) is 0 Å². The molecule has 0 spiro atoms. The summed E-state index contributed by atoms with van der Waals surface area (Å²) in [5.74, 6) is 2.98. The van der Waals surface area contributed by atoms with E-state index in [1.165, 1.54) is 18.6 Å². The highest BCUT2D eigenvalue weighted by molar-refractivity contribution is 8.00. The highest BCUT2D eigenvalue weighted by Crippen LogP contribution is 2.25. The fourth-order valence-corrected chi connectivity index (χ4v) is 3.82. The van der Waals surface area contributed by atoms with Crippen molar-refractivity contribution in [3.63, 3.8) is 0 Å². The minimum absolute atomic E-state index is 0.615. The summed E-state index contributed by atoms with van der Waals surface area (Å²) in [6.07, 6.45) is 8.07. The van der Waals surface area contributed by atoms with Gasteiger partial charge in [-0.3, -0.25) is 0 Å². The Morgan fingerprint density at radius 2 is 2.38 bits per heavy atom. The van der Waals surface area contributed by atoms with Crippen LogP contribution in [0.15, 0.2) is 41.8 Å². The van der Waals surface area contributed by atoms with Crippen LogP contribution in [-0.2, 0) is 6.54 Å². The lowest BCUT2D eigenvalue weighted by Gasteiger charge is -2.14. The molecule has 1 fully saturated rings. The van der Waals surface area contributed by atoms with Crippen molar-refractivity contribution in [2.75, 3.05) is 18.8 Å². The summed E-state index contributed by atoms with van der Waals surface area (Å²) in [4.78, 5) is 9.05. The third kappa shape index (κ3) is 4.74. The molecule has 7 heteroatoms. The van der Waals surface area contributed by atoms with Crippen LogP contribution in [0.2, 0.25) is 0 Å². The van der Waals surface area contributed by atoms with E-state index in [2.05, 4.69) is 39.4 Å². The number of pyridine rings is 1. The number of thioether (sulfide) groups is 1. The Hall–Kier alpha value is -2.02. The standard InChI is InChI=1S/C17H24N6S/c1-2-18-17(21-13-15-5-3-10-24-15)20-12-14-6-8-19-16(11-14)23-9-4-7-22-23/h4,6-9,11,15H,2-3,5,10,12-13H2,1H3,(H2,18,20,21). The average molecular weight is 344 g/mol. The summed E-state index contributed by atoms with van der Waals surface area (Å²) in [6, 6.07) is 5.90. The molecule has 0 radical (unpaired) electrons. The Balaban J connectivity index is 1.61. The van der Waals surface area contributed by atoms with Crippen LogP contribution in [0.1, 0.15) is 25.3 Å². The van der Waals surface area contributed by atoms with Crippen LogP contribution in [0.25, 0.3) is 5.82 Å². The highest BCUT2D eigenvalue weighted by atomic mass is 32.2. The fraction of sp³-hybridized carbons (Fsp3) is 0.471. The molecular formula is C17H24N6S. The van der Waals surface area contributed by atoms with Crippen LogP contribution in [0, 0.1) is 0 Å². The predicted molar refractivity (Wildman–Crippen MR) is 99.7 cm³/mol. The lowest BCUT2D eigenvalue weighted by molar-refractivity contribution is 0.727. The maximum Gasteiger partial charge on any atom is 0.191 e. The second-order valence-electron chi connectivity index (χ2n) is 5.68. The van der Waals surface area contributed by atoms with Crippen molar-refractivity contribution in [3.05, 3.63) is 42.4 Å². The van der Waals surface area contributed by atoms with E-state index in [0.717, 1.165) is 30.4 Å². The Kier molecular flexibility index (Phi) is 6.12. The molecule has 1 aliphatic rings. The molecule has 0 aromatic carbocycles. The summed E-state index contributed by atoms with van der Waals surface area (Å²) in [6.45, 7) is 4.54. The molecule has 2 aromatic heterocycles. The zero-order valence-electron chi connectivity index (χ0n) is 14.0. The second kappa shape index (κ2) is 8.73. The third-order valence-corrected chi connectivity index (χ3v) is 5.23. The Bertz CT molecular complexity index is 649. The smallest absolute Gasteiger partial charge is 0.191 e. The first-order chi connectivity index (χ1) is 11.8. The van der Waals surface area contributed by atoms with Gasteiger partial charge in [0.25, 0.3) is 0 Å². The zero-order valence-corrected chi connectivity index (χ0v) is 14.8. The quantitative estimate of drug-likeness (QED) is 0.621. The summed E-state index contributed by atoms with van der Waals surface area (Å²) in [7, 11) is 0. The number of rotatable bonds is 6. The Morgan fingerprint density at radius 1 is 1.42 bits per heavy atom. The monoisotopic (exact) mass is 344 g/mol. The van der Waals surface area contributed by atoms with Crippen molar-refractivity contribution in [2.45, 2.75) is 31.6 Å². The van der Waals surface area contributed by atoms with Gasteiger partial charge in [-0.2, -0.15) is 16.9 Å². The molecule has 0 aliphatic carbocycles. The molecule has 128 valence electrons. The predicted octanol–water partition coefficient (Wildman–Crippen LogP) is 2.22. The van der Waals surface area contributed by atoms with Gasteiger partial charge in [0.1, 0.15) is 0 Å². The van der Waals surface area contributed by atoms with Gasteiger partial charge in [-0.05, 0) is 49.3 Å². The number of aromatic nitrogens is 3. The zero-order chi connectivity index (χ0) is 16.6. The minimum atomic E-state index is 0.615. The van der Waals surface area contributed by atoms with Crippen LogP contribution in [0.5, 0.6) is 0 Å². The second-order valence-corrected chi connectivity index (χ2v) is 7.09. The third-order valence-electron chi connectivity index (χ3n) is 3.83. The molecule has 6 nitrogen and oxygen atoms in total. The van der Waals surface area contributed by atoms with E-state index in [-0.39, 0.29) is 0 Å². The van der Waals surface area contributed by atoms with E-state index in [1.54, 1.807) is 17.1 Å². The number of aliphatic imine (C=N–C) groups is 1. The first-order valence-corrected chi connectivity index (χ1v) is 9.49. The number of guanidine groups is 1. The van der Waals surface area contributed by atoms with Crippen LogP contribution < -0.4 is 10.6 Å². The van der Waals surface area contributed by atoms with Gasteiger partial charge in [0.2, 0.25) is 0 Å². The van der Waals surface area contributed by atoms with E-state index >= 15 is 0 Å². The molecule has 1 atom stereocenters. The summed E-state index contributed by atoms with van der Waals surface area (Å²) >= 11 is 2.05. The van der Waals surface area contributed by atoms with Crippen molar-refractivity contribution in [3.8, 4) is 5.82 Å². The highest BCUT2D eigenvalue weighted by Gasteiger charge is 2.15. The summed E-state index contributed by atoms with van der Waals surface area (Å²) < 4.78 is 1.76. The Labute approximate surface area is 147 Å². The lowest BCUT2D eigenvalue weighted by Crippen LogP contribution is -2.40. The van der Waals surface area contributed by atoms with Gasteiger partial charge in [0.15, 0.2) is 11.8 Å². The van der Waals surface area contributed by atoms with Gasteiger partial charge in [0.05, 0.1) is 6.54 Å². The van der Waals surface area contributed by atoms with Gasteiger partial charge < -0.3 is 10.6 Å². The molecule has 1 saturated heterocycles. The first-order valence-electron chi connectivity index (χ1n) is 8.44. The normalized spacial score (nSPS) is 17.9. The molecule has 3 rings (SSSR count). The summed E-state index contributed by atoms with van der Waals surface area (Å²) in [5, 5.41) is 11.7. The van der Waals surface area contributed by atoms with E-state index in [0.29, 0.717) is 11.8 Å². The maximum absolute atomic E-state index is 4.69. The molecule has 0 amide bonds. The molecule has 2 aromatic rings. The SMILES string of the molecule is CCNC(=NCc1ccnc(-n2cccn2)c1)NCC1CCCS1. The van der Waals surface area contributed by atoms with Gasteiger partial charge >= 0.3 is 0 Å². The van der Waals surface area contributed by atoms with E-state index in [1.807, 2.05) is 24.4 Å². The number of hydrogen-bond donors (Lipinski definition) is 2. The van der Waals surface area contributed by atoms with Crippen LogP contribution in [0.4, 0.5) is 0 Å². The van der Waals surface area contributed by atoms with Crippen molar-refractivity contribution in [2.24, 2.45) is 4.99 Å². The first kappa shape index (κ1) is 16.8. The Morgan fingerprint density at radius 3 is 3.12 bits per heavy atom. The van der Waals surface area contributed by atoms with Crippen LogP contribution in [-0.4, -0.2) is 44.8 Å². The largest absolute Gasteiger partial charge is 0.357 e. The fourth-order valence-electron chi connectivity index (χ4n) is 2.62. The van der Waals surface area contributed by atoms with E-state index < -0.39 is 0 Å². The van der Waals surface area contributed by atoms with Crippen LogP contribution >= 0.6 is 11.8 Å². The van der Waals surface area contributed by atoms with Crippen molar-refractivity contribution in [1.82, 2.24) is 25.4 Å². The molecule has 24 heavy (non-hydrogen) atoms. The number of hydrogen-bond acceptors (Lipinski definition) is 4. The maximum atomic E-state index is 4.69. The molecular weight excluding hydrogens is 320 g/mol. The number of nitrogens with one attached hydrogen (secondary N) is 2. The average Bonchev–Trinajstić information content (AvgIpc) is 3.31. The molecule has 1 unspecified atom stereocenters. The van der Waals surface area contributed by atoms with Gasteiger partial charge in [0, 0.05) is 36.9 Å². The number of nitrogens with zero attached hydrogens (tertiary/aromatic N) is 4. The molecule has 0 bridgehead atoms. The molecule has 2 N–H and O–H groups in total. The van der Waals surface area contributed by atoms with Crippen molar-refractivity contribution in [1.29, 1.82) is 0 Å². The van der Waals surface area contributed by atoms with E-state index in [4.69, 9.17) is 4.99 Å². The molecule has 3 heterocycles. The topological polar surface area (TPSA) is 67.1 Å². The summed E-state index contributed by atoms with van der Waals surface area (Å²) in [5.41, 5.74) is 1.11. The molecule has 1 aliphatic heterocycles. The van der Waals surface area contributed by atoms with Crippen molar-refractivity contribution >= 4 is 17.7 Å². The van der Waals surface area contributed by atoms with Gasteiger partial charge in [-0.15, -0.1) is 0 Å².